The van der Waals surface area contributed by atoms with E-state index in [1.165, 1.54) is 12.1 Å². The first-order valence-electron chi connectivity index (χ1n) is 8.72. The van der Waals surface area contributed by atoms with Crippen molar-refractivity contribution in [3.05, 3.63) is 66.2 Å². The van der Waals surface area contributed by atoms with Crippen LogP contribution in [0.2, 0.25) is 0 Å². The summed E-state index contributed by atoms with van der Waals surface area (Å²) in [4.78, 5) is 12.3. The van der Waals surface area contributed by atoms with Crippen LogP contribution in [0.4, 0.5) is 0 Å². The predicted octanol–water partition coefficient (Wildman–Crippen LogP) is 3.74. The van der Waals surface area contributed by atoms with Crippen LogP contribution in [-0.2, 0) is 30.3 Å². The Balaban J connectivity index is 2.04. The minimum atomic E-state index is -4.03. The van der Waals surface area contributed by atoms with E-state index >= 15 is 0 Å². The van der Waals surface area contributed by atoms with Gasteiger partial charge in [0.15, 0.2) is 6.10 Å². The topological polar surface area (TPSA) is 69.7 Å². The van der Waals surface area contributed by atoms with Crippen LogP contribution < -0.4 is 0 Å². The summed E-state index contributed by atoms with van der Waals surface area (Å²) in [5.74, 6) is -0.639. The number of ether oxygens (including phenoxy) is 1. The molecular weight excluding hydrogens is 352 g/mol. The van der Waals surface area contributed by atoms with Gasteiger partial charge in [-0.15, -0.1) is 0 Å². The van der Waals surface area contributed by atoms with E-state index in [1.54, 1.807) is 18.2 Å². The van der Waals surface area contributed by atoms with E-state index < -0.39 is 22.2 Å². The van der Waals surface area contributed by atoms with Crippen LogP contribution in [0.3, 0.4) is 0 Å². The highest BCUT2D eigenvalue weighted by atomic mass is 32.2. The molecule has 2 rings (SSSR count). The maximum atomic E-state index is 12.4. The smallest absolute Gasteiger partial charge is 0.336 e. The Kier molecular flexibility index (Phi) is 7.81. The van der Waals surface area contributed by atoms with Gasteiger partial charge in [0.2, 0.25) is 0 Å². The van der Waals surface area contributed by atoms with Gasteiger partial charge >= 0.3 is 5.97 Å². The van der Waals surface area contributed by atoms with Crippen molar-refractivity contribution in [3.63, 3.8) is 0 Å². The van der Waals surface area contributed by atoms with Crippen molar-refractivity contribution >= 4 is 16.1 Å². The summed E-state index contributed by atoms with van der Waals surface area (Å²) in [6.45, 7) is 2.11. The minimum Gasteiger partial charge on any atom is -0.464 e. The lowest BCUT2D eigenvalue weighted by Crippen LogP contribution is -2.29. The van der Waals surface area contributed by atoms with Gasteiger partial charge in [-0.1, -0.05) is 55.5 Å². The number of carbonyl (C=O) groups excluding carboxylic acids is 1. The molecule has 0 unspecified atom stereocenters. The first-order valence-corrected chi connectivity index (χ1v) is 10.1. The maximum Gasteiger partial charge on any atom is 0.336 e. The highest BCUT2D eigenvalue weighted by Crippen LogP contribution is 2.18. The van der Waals surface area contributed by atoms with E-state index in [-0.39, 0.29) is 17.9 Å². The summed E-state index contributed by atoms with van der Waals surface area (Å²) in [6, 6.07) is 17.6. The average molecular weight is 376 g/mol. The number of hydrogen-bond acceptors (Lipinski definition) is 5. The molecule has 0 heterocycles. The highest BCUT2D eigenvalue weighted by Gasteiger charge is 2.28. The standard InChI is InChI=1S/C20H24O5S/c1-2-16-24-20(21)19(15-9-12-17-10-5-3-6-11-17)25-26(22,23)18-13-7-4-8-14-18/h3-8,10-11,13-14,19H,2,9,12,15-16H2,1H3/t19-/m1/s1. The van der Waals surface area contributed by atoms with Crippen molar-refractivity contribution in [3.8, 4) is 0 Å². The van der Waals surface area contributed by atoms with Crippen molar-refractivity contribution in [2.75, 3.05) is 6.61 Å². The summed E-state index contributed by atoms with van der Waals surface area (Å²) >= 11 is 0. The molecule has 0 N–H and O–H groups in total. The molecule has 26 heavy (non-hydrogen) atoms. The summed E-state index contributed by atoms with van der Waals surface area (Å²) in [7, 11) is -4.03. The van der Waals surface area contributed by atoms with Gasteiger partial charge in [-0.3, -0.25) is 4.18 Å². The second kappa shape index (κ2) is 10.1. The van der Waals surface area contributed by atoms with Crippen molar-refractivity contribution in [1.82, 2.24) is 0 Å². The third-order valence-corrected chi connectivity index (χ3v) is 5.10. The van der Waals surface area contributed by atoms with Crippen LogP contribution in [-0.4, -0.2) is 27.1 Å². The fourth-order valence-electron chi connectivity index (χ4n) is 2.43. The Hall–Kier alpha value is -2.18. The van der Waals surface area contributed by atoms with Gasteiger partial charge in [0, 0.05) is 0 Å². The molecule has 0 saturated carbocycles. The minimum absolute atomic E-state index is 0.0244. The van der Waals surface area contributed by atoms with E-state index in [0.717, 1.165) is 12.0 Å². The zero-order valence-corrected chi connectivity index (χ0v) is 15.7. The fraction of sp³-hybridized carbons (Fsp3) is 0.350. The molecule has 5 nitrogen and oxygen atoms in total. The molecular formula is C20H24O5S. The molecule has 0 saturated heterocycles. The third kappa shape index (κ3) is 6.28. The lowest BCUT2D eigenvalue weighted by Gasteiger charge is -2.16. The predicted molar refractivity (Wildman–Crippen MR) is 99.1 cm³/mol. The average Bonchev–Trinajstić information content (AvgIpc) is 2.66. The molecule has 1 atom stereocenters. The molecule has 2 aromatic carbocycles. The summed E-state index contributed by atoms with van der Waals surface area (Å²) in [5, 5.41) is 0. The summed E-state index contributed by atoms with van der Waals surface area (Å²) in [5.41, 5.74) is 1.12. The van der Waals surface area contributed by atoms with Crippen LogP contribution in [0.1, 0.15) is 31.7 Å². The Bertz CT molecular complexity index is 772. The van der Waals surface area contributed by atoms with E-state index in [1.807, 2.05) is 37.3 Å². The van der Waals surface area contributed by atoms with Crippen LogP contribution in [0, 0.1) is 0 Å². The molecule has 0 amide bonds. The Morgan fingerprint density at radius 3 is 2.23 bits per heavy atom. The van der Waals surface area contributed by atoms with Gasteiger partial charge in [-0.25, -0.2) is 4.79 Å². The number of benzene rings is 2. The van der Waals surface area contributed by atoms with Crippen LogP contribution >= 0.6 is 0 Å². The summed E-state index contributed by atoms with van der Waals surface area (Å²) in [6.07, 6.45) is 1.13. The van der Waals surface area contributed by atoms with Crippen molar-refractivity contribution in [2.45, 2.75) is 43.6 Å². The van der Waals surface area contributed by atoms with Crippen LogP contribution in [0.25, 0.3) is 0 Å². The highest BCUT2D eigenvalue weighted by molar-refractivity contribution is 7.86. The second-order valence-corrected chi connectivity index (χ2v) is 7.47. The van der Waals surface area contributed by atoms with Gasteiger partial charge in [-0.2, -0.15) is 8.42 Å². The zero-order valence-electron chi connectivity index (χ0n) is 14.8. The molecule has 0 spiro atoms. The molecule has 0 fully saturated rings. The quantitative estimate of drug-likeness (QED) is 0.467. The van der Waals surface area contributed by atoms with Crippen molar-refractivity contribution < 1.29 is 22.1 Å². The Labute approximate surface area is 155 Å². The lowest BCUT2D eigenvalue weighted by atomic mass is 10.1. The van der Waals surface area contributed by atoms with E-state index in [2.05, 4.69) is 0 Å². The molecule has 0 aliphatic heterocycles. The Morgan fingerprint density at radius 1 is 1.00 bits per heavy atom. The molecule has 0 radical (unpaired) electrons. The number of rotatable bonds is 10. The monoisotopic (exact) mass is 376 g/mol. The van der Waals surface area contributed by atoms with Crippen LogP contribution in [0.15, 0.2) is 65.6 Å². The normalized spacial score (nSPS) is 12.5. The largest absolute Gasteiger partial charge is 0.464 e. The number of carbonyl (C=O) groups is 1. The number of esters is 1. The molecule has 0 bridgehead atoms. The van der Waals surface area contributed by atoms with Gasteiger partial charge < -0.3 is 4.74 Å². The first-order chi connectivity index (χ1) is 12.5. The van der Waals surface area contributed by atoms with Crippen molar-refractivity contribution in [1.29, 1.82) is 0 Å². The zero-order chi connectivity index (χ0) is 18.8. The van der Waals surface area contributed by atoms with Gasteiger partial charge in [0.1, 0.15) is 0 Å². The molecule has 0 aromatic heterocycles. The number of hydrogen-bond donors (Lipinski definition) is 0. The lowest BCUT2D eigenvalue weighted by molar-refractivity contribution is -0.152. The molecule has 0 aliphatic rings. The van der Waals surface area contributed by atoms with Crippen LogP contribution in [0.5, 0.6) is 0 Å². The fourth-order valence-corrected chi connectivity index (χ4v) is 3.51. The van der Waals surface area contributed by atoms with E-state index in [9.17, 15) is 13.2 Å². The van der Waals surface area contributed by atoms with Crippen molar-refractivity contribution in [2.24, 2.45) is 0 Å². The van der Waals surface area contributed by atoms with Gasteiger partial charge in [0.25, 0.3) is 10.1 Å². The SMILES string of the molecule is CCCOC(=O)[C@@H](CCCc1ccccc1)OS(=O)(=O)c1ccccc1. The Morgan fingerprint density at radius 2 is 1.62 bits per heavy atom. The third-order valence-electron chi connectivity index (χ3n) is 3.76. The van der Waals surface area contributed by atoms with E-state index in [0.29, 0.717) is 12.8 Å². The summed E-state index contributed by atoms with van der Waals surface area (Å²) < 4.78 is 35.2. The first kappa shape index (κ1) is 20.1. The van der Waals surface area contributed by atoms with Gasteiger partial charge in [0.05, 0.1) is 11.5 Å². The van der Waals surface area contributed by atoms with Gasteiger partial charge in [-0.05, 0) is 43.4 Å². The maximum absolute atomic E-state index is 12.4. The molecule has 6 heteroatoms. The second-order valence-electron chi connectivity index (χ2n) is 5.90. The molecule has 140 valence electrons. The molecule has 2 aromatic rings. The number of aryl methyl sites for hydroxylation is 1. The molecule has 0 aliphatic carbocycles. The van der Waals surface area contributed by atoms with E-state index in [4.69, 9.17) is 8.92 Å².